The zero-order valence-corrected chi connectivity index (χ0v) is 6.55. The van der Waals surface area contributed by atoms with E-state index in [1.54, 1.807) is 0 Å². The summed E-state index contributed by atoms with van der Waals surface area (Å²) in [5.41, 5.74) is 0. The molecular formula is C9H16N. The van der Waals surface area contributed by atoms with E-state index in [0.29, 0.717) is 0 Å². The van der Waals surface area contributed by atoms with Crippen LogP contribution in [0.1, 0.15) is 6.42 Å². The second-order valence-corrected chi connectivity index (χ2v) is 2.19. The highest BCUT2D eigenvalue weighted by atomic mass is 15.1. The zero-order valence-electron chi connectivity index (χ0n) is 6.55. The molecule has 0 aromatic carbocycles. The van der Waals surface area contributed by atoms with Crippen molar-refractivity contribution < 1.29 is 0 Å². The fourth-order valence-corrected chi connectivity index (χ4v) is 0.846. The van der Waals surface area contributed by atoms with Gasteiger partial charge in [0.2, 0.25) is 0 Å². The van der Waals surface area contributed by atoms with Crippen LogP contribution in [-0.2, 0) is 0 Å². The van der Waals surface area contributed by atoms with Crippen molar-refractivity contribution in [3.63, 3.8) is 0 Å². The third-order valence-electron chi connectivity index (χ3n) is 1.25. The van der Waals surface area contributed by atoms with Crippen molar-refractivity contribution >= 4 is 0 Å². The van der Waals surface area contributed by atoms with Crippen molar-refractivity contribution in [1.82, 2.24) is 4.90 Å². The van der Waals surface area contributed by atoms with Crippen molar-refractivity contribution in [3.05, 3.63) is 32.2 Å². The number of rotatable bonds is 6. The largest absolute Gasteiger partial charge is 0.296 e. The van der Waals surface area contributed by atoms with E-state index in [-0.39, 0.29) is 0 Å². The summed E-state index contributed by atoms with van der Waals surface area (Å²) in [6.07, 6.45) is 4.75. The monoisotopic (exact) mass is 138 g/mol. The molecule has 0 unspecified atom stereocenters. The van der Waals surface area contributed by atoms with Crippen molar-refractivity contribution in [2.24, 2.45) is 0 Å². The first-order valence-corrected chi connectivity index (χ1v) is 3.58. The van der Waals surface area contributed by atoms with E-state index in [0.717, 1.165) is 26.1 Å². The number of hydrogen-bond acceptors (Lipinski definition) is 1. The van der Waals surface area contributed by atoms with E-state index in [2.05, 4.69) is 25.0 Å². The van der Waals surface area contributed by atoms with Gasteiger partial charge in [0.15, 0.2) is 0 Å². The number of nitrogens with zero attached hydrogens (tertiary/aromatic N) is 1. The minimum absolute atomic E-state index is 0.932. The molecular weight excluding hydrogens is 122 g/mol. The molecule has 0 bridgehead atoms. The Hall–Kier alpha value is -0.560. The van der Waals surface area contributed by atoms with Gasteiger partial charge in [0.05, 0.1) is 0 Å². The van der Waals surface area contributed by atoms with Crippen LogP contribution in [0.3, 0.4) is 0 Å². The van der Waals surface area contributed by atoms with E-state index >= 15 is 0 Å². The van der Waals surface area contributed by atoms with Gasteiger partial charge >= 0.3 is 0 Å². The third kappa shape index (κ3) is 4.33. The first-order valence-electron chi connectivity index (χ1n) is 3.58. The van der Waals surface area contributed by atoms with E-state index in [4.69, 9.17) is 0 Å². The van der Waals surface area contributed by atoms with Gasteiger partial charge in [0.25, 0.3) is 0 Å². The third-order valence-corrected chi connectivity index (χ3v) is 1.25. The molecule has 0 rings (SSSR count). The normalized spacial score (nSPS) is 9.80. The molecule has 0 aliphatic heterocycles. The van der Waals surface area contributed by atoms with Crippen molar-refractivity contribution in [3.8, 4) is 0 Å². The lowest BCUT2D eigenvalue weighted by Crippen LogP contribution is -2.24. The van der Waals surface area contributed by atoms with Gasteiger partial charge in [-0.3, -0.25) is 4.90 Å². The van der Waals surface area contributed by atoms with Crippen LogP contribution in [0.4, 0.5) is 0 Å². The maximum Gasteiger partial charge on any atom is 0.0163 e. The molecule has 0 aliphatic carbocycles. The lowest BCUT2D eigenvalue weighted by atomic mass is 10.4. The van der Waals surface area contributed by atoms with Crippen LogP contribution in [0.15, 0.2) is 25.3 Å². The standard InChI is InChI=1S/C9H16N/c1-4-7-10(8-5-2)9-6-3/h4-5H,1-3,6-9H2. The average molecular weight is 138 g/mol. The van der Waals surface area contributed by atoms with Gasteiger partial charge in [-0.15, -0.1) is 13.2 Å². The average Bonchev–Trinajstić information content (AvgIpc) is 1.90. The van der Waals surface area contributed by atoms with Crippen LogP contribution in [0, 0.1) is 6.92 Å². The van der Waals surface area contributed by atoms with Crippen molar-refractivity contribution in [1.29, 1.82) is 0 Å². The molecule has 0 aliphatic rings. The molecule has 0 aromatic rings. The highest BCUT2D eigenvalue weighted by molar-refractivity contribution is 4.79. The summed E-state index contributed by atoms with van der Waals surface area (Å²) >= 11 is 0. The maximum atomic E-state index is 3.78. The summed E-state index contributed by atoms with van der Waals surface area (Å²) in [5.74, 6) is 0. The fourth-order valence-electron chi connectivity index (χ4n) is 0.846. The van der Waals surface area contributed by atoms with E-state index in [9.17, 15) is 0 Å². The van der Waals surface area contributed by atoms with Gasteiger partial charge in [0.1, 0.15) is 0 Å². The van der Waals surface area contributed by atoms with E-state index < -0.39 is 0 Å². The van der Waals surface area contributed by atoms with E-state index in [1.807, 2.05) is 12.2 Å². The Morgan fingerprint density at radius 2 is 1.60 bits per heavy atom. The molecule has 0 saturated carbocycles. The molecule has 0 spiro atoms. The van der Waals surface area contributed by atoms with Crippen LogP contribution in [0.2, 0.25) is 0 Å². The fraction of sp³-hybridized carbons (Fsp3) is 0.444. The van der Waals surface area contributed by atoms with Crippen LogP contribution < -0.4 is 0 Å². The Morgan fingerprint density at radius 3 is 1.90 bits per heavy atom. The van der Waals surface area contributed by atoms with Gasteiger partial charge in [0, 0.05) is 13.1 Å². The van der Waals surface area contributed by atoms with Crippen LogP contribution in [-0.4, -0.2) is 24.5 Å². The molecule has 0 amide bonds. The highest BCUT2D eigenvalue weighted by Crippen LogP contribution is 1.90. The predicted molar refractivity (Wildman–Crippen MR) is 46.8 cm³/mol. The first-order chi connectivity index (χ1) is 4.85. The summed E-state index contributed by atoms with van der Waals surface area (Å²) in [4.78, 5) is 2.24. The first kappa shape index (κ1) is 9.44. The highest BCUT2D eigenvalue weighted by Gasteiger charge is 1.95. The van der Waals surface area contributed by atoms with Crippen LogP contribution in [0.5, 0.6) is 0 Å². The van der Waals surface area contributed by atoms with Crippen LogP contribution in [0.25, 0.3) is 0 Å². The zero-order chi connectivity index (χ0) is 7.82. The smallest absolute Gasteiger partial charge is 0.0163 e. The van der Waals surface area contributed by atoms with Crippen LogP contribution >= 0.6 is 0 Å². The Morgan fingerprint density at radius 1 is 1.10 bits per heavy atom. The SMILES string of the molecule is [CH2]CCN(CC=C)CC=C. The molecule has 0 saturated heterocycles. The Balaban J connectivity index is 3.48. The topological polar surface area (TPSA) is 3.24 Å². The molecule has 0 N–H and O–H groups in total. The molecule has 0 fully saturated rings. The number of hydrogen-bond donors (Lipinski definition) is 0. The summed E-state index contributed by atoms with van der Waals surface area (Å²) < 4.78 is 0. The molecule has 1 heteroatoms. The lowest BCUT2D eigenvalue weighted by molar-refractivity contribution is 0.342. The Labute approximate surface area is 64.0 Å². The van der Waals surface area contributed by atoms with E-state index in [1.165, 1.54) is 0 Å². The Kier molecular flexibility index (Phi) is 6.19. The van der Waals surface area contributed by atoms with Crippen molar-refractivity contribution in [2.45, 2.75) is 6.42 Å². The summed E-state index contributed by atoms with van der Waals surface area (Å²) in [6, 6.07) is 0. The second kappa shape index (κ2) is 6.56. The summed E-state index contributed by atoms with van der Waals surface area (Å²) in [6.45, 7) is 14.0. The molecule has 10 heavy (non-hydrogen) atoms. The van der Waals surface area contributed by atoms with Gasteiger partial charge < -0.3 is 0 Å². The molecule has 57 valence electrons. The van der Waals surface area contributed by atoms with Gasteiger partial charge in [-0.25, -0.2) is 0 Å². The molecule has 0 heterocycles. The Bertz CT molecular complexity index is 86.9. The van der Waals surface area contributed by atoms with Gasteiger partial charge in [-0.05, 0) is 13.0 Å². The maximum absolute atomic E-state index is 3.78. The lowest BCUT2D eigenvalue weighted by Gasteiger charge is -2.16. The molecule has 1 radical (unpaired) electrons. The molecule has 1 nitrogen and oxygen atoms in total. The van der Waals surface area contributed by atoms with Gasteiger partial charge in [-0.2, -0.15) is 0 Å². The minimum atomic E-state index is 0.932. The predicted octanol–water partition coefficient (Wildman–Crippen LogP) is 1.88. The second-order valence-electron chi connectivity index (χ2n) is 2.19. The quantitative estimate of drug-likeness (QED) is 0.507. The molecule has 0 aromatic heterocycles. The summed E-state index contributed by atoms with van der Waals surface area (Å²) in [7, 11) is 0. The summed E-state index contributed by atoms with van der Waals surface area (Å²) in [5, 5.41) is 0. The molecule has 0 atom stereocenters. The minimum Gasteiger partial charge on any atom is -0.296 e. The van der Waals surface area contributed by atoms with Crippen molar-refractivity contribution in [2.75, 3.05) is 19.6 Å². The van der Waals surface area contributed by atoms with Gasteiger partial charge in [-0.1, -0.05) is 19.1 Å².